The minimum Gasteiger partial charge on any atom is -0.465 e. The second-order valence-electron chi connectivity index (χ2n) is 6.01. The number of halogens is 1. The molecule has 1 aromatic heterocycles. The van der Waals surface area contributed by atoms with Gasteiger partial charge in [-0.05, 0) is 31.0 Å². The average molecular weight is 377 g/mol. The summed E-state index contributed by atoms with van der Waals surface area (Å²) in [6.07, 6.45) is -0.0899. The summed E-state index contributed by atoms with van der Waals surface area (Å²) in [5.74, 6) is -1.11. The first-order valence-corrected chi connectivity index (χ1v) is 8.48. The third-order valence-corrected chi connectivity index (χ3v) is 4.50. The molecule has 26 heavy (non-hydrogen) atoms. The van der Waals surface area contributed by atoms with E-state index in [0.717, 1.165) is 5.56 Å². The maximum absolute atomic E-state index is 12.4. The fraction of sp³-hybridized carbons (Fsp3) is 0.316. The zero-order chi connectivity index (χ0) is 19.4. The molecular formula is C19H21ClN2O4. The van der Waals surface area contributed by atoms with Crippen molar-refractivity contribution in [2.45, 2.75) is 33.2 Å². The van der Waals surface area contributed by atoms with Crippen molar-refractivity contribution in [1.29, 1.82) is 0 Å². The van der Waals surface area contributed by atoms with E-state index in [1.54, 1.807) is 13.0 Å². The Kier molecular flexibility index (Phi) is 6.21. The number of Topliss-reactive ketones (excluding diaryl/α,β-unsaturated/α-hetero) is 1. The number of rotatable bonds is 6. The summed E-state index contributed by atoms with van der Waals surface area (Å²) in [6.45, 7) is 4.86. The molecule has 2 aromatic rings. The van der Waals surface area contributed by atoms with E-state index in [1.165, 1.54) is 14.0 Å². The van der Waals surface area contributed by atoms with E-state index >= 15 is 0 Å². The number of ether oxygens (including phenoxy) is 1. The number of carbonyl (C=O) groups is 3. The average Bonchev–Trinajstić information content (AvgIpc) is 2.90. The predicted molar refractivity (Wildman–Crippen MR) is 98.6 cm³/mol. The van der Waals surface area contributed by atoms with Crippen LogP contribution >= 0.6 is 11.6 Å². The number of hydrogen-bond acceptors (Lipinski definition) is 4. The number of H-pyrrole nitrogens is 1. The third-order valence-electron chi connectivity index (χ3n) is 4.16. The second kappa shape index (κ2) is 8.19. The van der Waals surface area contributed by atoms with Crippen LogP contribution in [-0.4, -0.2) is 29.8 Å². The molecule has 2 N–H and O–H groups in total. The lowest BCUT2D eigenvalue weighted by Crippen LogP contribution is -2.29. The highest BCUT2D eigenvalue weighted by molar-refractivity contribution is 6.31. The molecule has 0 bridgehead atoms. The first-order chi connectivity index (χ1) is 12.3. The molecule has 0 aliphatic rings. The number of nitrogens with one attached hydrogen (secondary N) is 2. The number of aromatic nitrogens is 1. The lowest BCUT2D eigenvalue weighted by atomic mass is 10.1. The molecule has 138 valence electrons. The molecule has 1 heterocycles. The van der Waals surface area contributed by atoms with Gasteiger partial charge in [0.05, 0.1) is 30.8 Å². The van der Waals surface area contributed by atoms with E-state index < -0.39 is 5.97 Å². The third kappa shape index (κ3) is 4.14. The minimum absolute atomic E-state index is 0.0899. The van der Waals surface area contributed by atoms with Crippen molar-refractivity contribution in [3.05, 3.63) is 57.4 Å². The monoisotopic (exact) mass is 376 g/mol. The van der Waals surface area contributed by atoms with Crippen LogP contribution in [0.25, 0.3) is 0 Å². The summed E-state index contributed by atoms with van der Waals surface area (Å²) in [5, 5.41) is 3.41. The minimum atomic E-state index is -0.590. The van der Waals surface area contributed by atoms with Crippen LogP contribution in [0.4, 0.5) is 0 Å². The molecule has 2 rings (SSSR count). The van der Waals surface area contributed by atoms with Gasteiger partial charge in [-0.2, -0.15) is 0 Å². The van der Waals surface area contributed by atoms with Crippen molar-refractivity contribution in [2.75, 3.05) is 7.11 Å². The number of carbonyl (C=O) groups excluding carboxylic acids is 3. The van der Waals surface area contributed by atoms with Crippen LogP contribution in [-0.2, 0) is 16.0 Å². The SMILES string of the molecule is COC(=O)c1c(CC(=O)NC(C)c2ccccc2Cl)[nH]c(C(C)=O)c1C. The zero-order valence-electron chi connectivity index (χ0n) is 15.1. The summed E-state index contributed by atoms with van der Waals surface area (Å²) in [6, 6.07) is 6.93. The van der Waals surface area contributed by atoms with Crippen molar-refractivity contribution in [2.24, 2.45) is 0 Å². The van der Waals surface area contributed by atoms with Gasteiger partial charge >= 0.3 is 5.97 Å². The molecule has 1 amide bonds. The summed E-state index contributed by atoms with van der Waals surface area (Å²) < 4.78 is 4.78. The Morgan fingerprint density at radius 1 is 1.27 bits per heavy atom. The Morgan fingerprint density at radius 2 is 1.92 bits per heavy atom. The first kappa shape index (κ1) is 19.7. The second-order valence-corrected chi connectivity index (χ2v) is 6.42. The van der Waals surface area contributed by atoms with Crippen molar-refractivity contribution in [1.82, 2.24) is 10.3 Å². The van der Waals surface area contributed by atoms with E-state index in [9.17, 15) is 14.4 Å². The number of aromatic amines is 1. The van der Waals surface area contributed by atoms with E-state index in [1.807, 2.05) is 25.1 Å². The number of ketones is 1. The Labute approximate surface area is 156 Å². The van der Waals surface area contributed by atoms with Crippen molar-refractivity contribution in [3.8, 4) is 0 Å². The fourth-order valence-corrected chi connectivity index (χ4v) is 3.18. The van der Waals surface area contributed by atoms with Gasteiger partial charge in [-0.15, -0.1) is 0 Å². The van der Waals surface area contributed by atoms with E-state index in [-0.39, 0.29) is 29.7 Å². The molecular weight excluding hydrogens is 356 g/mol. The molecule has 0 fully saturated rings. The van der Waals surface area contributed by atoms with Crippen LogP contribution < -0.4 is 5.32 Å². The van der Waals surface area contributed by atoms with Crippen LogP contribution in [0.1, 0.15) is 57.6 Å². The van der Waals surface area contributed by atoms with Gasteiger partial charge in [0.15, 0.2) is 5.78 Å². The highest BCUT2D eigenvalue weighted by atomic mass is 35.5. The molecule has 1 aromatic carbocycles. The highest BCUT2D eigenvalue weighted by Gasteiger charge is 2.24. The molecule has 0 saturated heterocycles. The van der Waals surface area contributed by atoms with Crippen LogP contribution in [0, 0.1) is 6.92 Å². The van der Waals surface area contributed by atoms with Crippen molar-refractivity contribution < 1.29 is 19.1 Å². The van der Waals surface area contributed by atoms with Gasteiger partial charge in [0.1, 0.15) is 0 Å². The summed E-state index contributed by atoms with van der Waals surface area (Å²) >= 11 is 6.15. The summed E-state index contributed by atoms with van der Waals surface area (Å²) in [4.78, 5) is 39.1. The van der Waals surface area contributed by atoms with Gasteiger partial charge in [-0.3, -0.25) is 9.59 Å². The molecule has 0 saturated carbocycles. The Balaban J connectivity index is 2.23. The van der Waals surface area contributed by atoms with Gasteiger partial charge in [-0.1, -0.05) is 29.8 Å². The number of methoxy groups -OCH3 is 1. The molecule has 0 aliphatic carbocycles. The zero-order valence-corrected chi connectivity index (χ0v) is 15.9. The van der Waals surface area contributed by atoms with Gasteiger partial charge in [0.2, 0.25) is 5.91 Å². The van der Waals surface area contributed by atoms with Crippen molar-refractivity contribution in [3.63, 3.8) is 0 Å². The van der Waals surface area contributed by atoms with Gasteiger partial charge < -0.3 is 15.0 Å². The molecule has 1 atom stereocenters. The van der Waals surface area contributed by atoms with Gasteiger partial charge in [0.25, 0.3) is 0 Å². The van der Waals surface area contributed by atoms with E-state index in [4.69, 9.17) is 16.3 Å². The Bertz CT molecular complexity index is 857. The standard InChI is InChI=1S/C19H21ClN2O4/c1-10-17(19(25)26-4)15(22-18(10)12(3)23)9-16(24)21-11(2)13-7-5-6-8-14(13)20/h5-8,11,22H,9H2,1-4H3,(H,21,24). The molecule has 0 spiro atoms. The number of amides is 1. The van der Waals surface area contributed by atoms with Crippen molar-refractivity contribution >= 4 is 29.3 Å². The predicted octanol–water partition coefficient (Wildman–Crippen LogP) is 3.39. The normalized spacial score (nSPS) is 11.7. The van der Waals surface area contributed by atoms with Crippen LogP contribution in [0.3, 0.4) is 0 Å². The number of hydrogen-bond donors (Lipinski definition) is 2. The largest absolute Gasteiger partial charge is 0.465 e. The maximum atomic E-state index is 12.4. The fourth-order valence-electron chi connectivity index (χ4n) is 2.88. The number of esters is 1. The molecule has 6 nitrogen and oxygen atoms in total. The summed E-state index contributed by atoms with van der Waals surface area (Å²) in [7, 11) is 1.26. The topological polar surface area (TPSA) is 88.3 Å². The Hall–Kier alpha value is -2.60. The molecule has 1 unspecified atom stereocenters. The summed E-state index contributed by atoms with van der Waals surface area (Å²) in [5.41, 5.74) is 2.14. The highest BCUT2D eigenvalue weighted by Crippen LogP contribution is 2.23. The van der Waals surface area contributed by atoms with Gasteiger partial charge in [0, 0.05) is 17.6 Å². The lowest BCUT2D eigenvalue weighted by molar-refractivity contribution is -0.121. The maximum Gasteiger partial charge on any atom is 0.339 e. The van der Waals surface area contributed by atoms with Crippen LogP contribution in [0.5, 0.6) is 0 Å². The molecule has 0 radical (unpaired) electrons. The quantitative estimate of drug-likeness (QED) is 0.597. The molecule has 0 aliphatic heterocycles. The Morgan fingerprint density at radius 3 is 2.50 bits per heavy atom. The van der Waals surface area contributed by atoms with Gasteiger partial charge in [-0.25, -0.2) is 4.79 Å². The molecule has 7 heteroatoms. The van der Waals surface area contributed by atoms with E-state index in [0.29, 0.717) is 22.0 Å². The lowest BCUT2D eigenvalue weighted by Gasteiger charge is -2.15. The first-order valence-electron chi connectivity index (χ1n) is 8.10. The van der Waals surface area contributed by atoms with Crippen LogP contribution in [0.15, 0.2) is 24.3 Å². The number of benzene rings is 1. The smallest absolute Gasteiger partial charge is 0.339 e. The van der Waals surface area contributed by atoms with E-state index in [2.05, 4.69) is 10.3 Å². The van der Waals surface area contributed by atoms with Crippen LogP contribution in [0.2, 0.25) is 5.02 Å².